The number of ether oxygens (including phenoxy) is 1. The van der Waals surface area contributed by atoms with Crippen molar-refractivity contribution >= 4 is 5.95 Å². The topological polar surface area (TPSA) is 39.1 Å². The number of unbranched alkanes of at least 4 members (excludes halogenated alkanes) is 1. The van der Waals surface area contributed by atoms with Gasteiger partial charge in [0.15, 0.2) is 0 Å². The molecule has 4 nitrogen and oxygen atoms in total. The Balaban J connectivity index is 2.19. The van der Waals surface area contributed by atoms with Gasteiger partial charge in [0, 0.05) is 31.6 Å². The van der Waals surface area contributed by atoms with Gasteiger partial charge in [-0.25, -0.2) is 4.98 Å². The lowest BCUT2D eigenvalue weighted by Crippen LogP contribution is -2.14. The van der Waals surface area contributed by atoms with E-state index in [0.717, 1.165) is 32.1 Å². The highest BCUT2D eigenvalue weighted by Gasteiger charge is 2.04. The molecule has 0 aliphatic heterocycles. The predicted octanol–water partition coefficient (Wildman–Crippen LogP) is 2.69. The Hall–Kier alpha value is -1.03. The third kappa shape index (κ3) is 4.23. The monoisotopic (exact) mass is 225 g/mol. The highest BCUT2D eigenvalue weighted by molar-refractivity contribution is 5.26. The van der Waals surface area contributed by atoms with Crippen molar-refractivity contribution in [3.8, 4) is 0 Å². The first-order valence-electron chi connectivity index (χ1n) is 6.10. The average Bonchev–Trinajstić information content (AvgIpc) is 2.71. The third-order valence-electron chi connectivity index (χ3n) is 2.40. The van der Waals surface area contributed by atoms with Crippen LogP contribution in [0.15, 0.2) is 12.4 Å². The van der Waals surface area contributed by atoms with E-state index in [1.54, 1.807) is 0 Å². The normalized spacial score (nSPS) is 11.0. The number of anilines is 1. The van der Waals surface area contributed by atoms with Crippen LogP contribution in [0.3, 0.4) is 0 Å². The molecule has 1 aromatic heterocycles. The van der Waals surface area contributed by atoms with Crippen molar-refractivity contribution in [1.29, 1.82) is 0 Å². The van der Waals surface area contributed by atoms with E-state index in [-0.39, 0.29) is 0 Å². The van der Waals surface area contributed by atoms with Crippen molar-refractivity contribution in [3.63, 3.8) is 0 Å². The molecule has 0 unspecified atom stereocenters. The molecule has 0 bridgehead atoms. The van der Waals surface area contributed by atoms with Crippen molar-refractivity contribution < 1.29 is 4.74 Å². The van der Waals surface area contributed by atoms with Crippen LogP contribution in [-0.2, 0) is 4.74 Å². The number of imidazole rings is 1. The Morgan fingerprint density at radius 2 is 2.25 bits per heavy atom. The summed E-state index contributed by atoms with van der Waals surface area (Å²) in [6.07, 6.45) is 6.14. The first-order valence-corrected chi connectivity index (χ1v) is 6.10. The fraction of sp³-hybridized carbons (Fsp3) is 0.750. The Bertz CT molecular complexity index is 284. The summed E-state index contributed by atoms with van der Waals surface area (Å²) in [6, 6.07) is 0.436. The van der Waals surface area contributed by atoms with Crippen molar-refractivity contribution in [3.05, 3.63) is 12.4 Å². The van der Waals surface area contributed by atoms with E-state index < -0.39 is 0 Å². The van der Waals surface area contributed by atoms with Crippen molar-refractivity contribution in [2.75, 3.05) is 25.1 Å². The van der Waals surface area contributed by atoms with E-state index in [2.05, 4.69) is 35.6 Å². The van der Waals surface area contributed by atoms with Gasteiger partial charge < -0.3 is 14.6 Å². The molecule has 4 heteroatoms. The number of hydrogen-bond donors (Lipinski definition) is 1. The minimum atomic E-state index is 0.436. The summed E-state index contributed by atoms with van der Waals surface area (Å²) in [6.45, 7) is 8.87. The lowest BCUT2D eigenvalue weighted by molar-refractivity contribution is 0.141. The maximum atomic E-state index is 5.47. The lowest BCUT2D eigenvalue weighted by Gasteiger charge is -2.12. The van der Waals surface area contributed by atoms with Crippen LogP contribution in [-0.4, -0.2) is 29.3 Å². The summed E-state index contributed by atoms with van der Waals surface area (Å²) in [5, 5.41) is 3.28. The average molecular weight is 225 g/mol. The van der Waals surface area contributed by atoms with Gasteiger partial charge in [-0.15, -0.1) is 0 Å². The van der Waals surface area contributed by atoms with Crippen LogP contribution in [0.2, 0.25) is 0 Å². The highest BCUT2D eigenvalue weighted by Crippen LogP contribution is 2.11. The first-order chi connectivity index (χ1) is 7.75. The van der Waals surface area contributed by atoms with Gasteiger partial charge in [0.05, 0.1) is 6.61 Å². The molecule has 0 amide bonds. The third-order valence-corrected chi connectivity index (χ3v) is 2.40. The van der Waals surface area contributed by atoms with Crippen LogP contribution in [0, 0.1) is 0 Å². The number of nitrogens with zero attached hydrogens (tertiary/aromatic N) is 2. The van der Waals surface area contributed by atoms with Crippen LogP contribution >= 0.6 is 0 Å². The standard InChI is InChI=1S/C12H23N3O/c1-4-5-9-16-10-7-14-12-13-6-8-15(12)11(2)3/h6,8,11H,4-5,7,9-10H2,1-3H3,(H,13,14). The van der Waals surface area contributed by atoms with Crippen LogP contribution < -0.4 is 5.32 Å². The van der Waals surface area contributed by atoms with Gasteiger partial charge in [0.25, 0.3) is 0 Å². The van der Waals surface area contributed by atoms with Crippen molar-refractivity contribution in [2.45, 2.75) is 39.7 Å². The number of nitrogens with one attached hydrogen (secondary N) is 1. The zero-order valence-electron chi connectivity index (χ0n) is 10.6. The van der Waals surface area contributed by atoms with Crippen molar-refractivity contribution in [2.24, 2.45) is 0 Å². The Morgan fingerprint density at radius 1 is 1.44 bits per heavy atom. The van der Waals surface area contributed by atoms with Gasteiger partial charge in [-0.2, -0.15) is 0 Å². The smallest absolute Gasteiger partial charge is 0.203 e. The number of hydrogen-bond acceptors (Lipinski definition) is 3. The van der Waals surface area contributed by atoms with E-state index >= 15 is 0 Å². The molecular weight excluding hydrogens is 202 g/mol. The predicted molar refractivity (Wildman–Crippen MR) is 66.8 cm³/mol. The quantitative estimate of drug-likeness (QED) is 0.691. The van der Waals surface area contributed by atoms with E-state index in [9.17, 15) is 0 Å². The molecule has 0 spiro atoms. The van der Waals surface area contributed by atoms with E-state index in [1.165, 1.54) is 6.42 Å². The Labute approximate surface area is 98.0 Å². The molecule has 0 saturated carbocycles. The van der Waals surface area contributed by atoms with Crippen LogP contribution in [0.1, 0.15) is 39.7 Å². The zero-order chi connectivity index (χ0) is 11.8. The summed E-state index contributed by atoms with van der Waals surface area (Å²) in [7, 11) is 0. The van der Waals surface area contributed by atoms with E-state index in [0.29, 0.717) is 6.04 Å². The van der Waals surface area contributed by atoms with Gasteiger partial charge in [-0.1, -0.05) is 13.3 Å². The second-order valence-electron chi connectivity index (χ2n) is 4.14. The number of rotatable bonds is 8. The van der Waals surface area contributed by atoms with Gasteiger partial charge in [0.1, 0.15) is 0 Å². The van der Waals surface area contributed by atoms with Gasteiger partial charge in [-0.05, 0) is 20.3 Å². The van der Waals surface area contributed by atoms with Gasteiger partial charge in [0.2, 0.25) is 5.95 Å². The van der Waals surface area contributed by atoms with E-state index in [4.69, 9.17) is 4.74 Å². The SMILES string of the molecule is CCCCOCCNc1nccn1C(C)C. The molecule has 1 aromatic rings. The molecule has 1 rings (SSSR count). The molecule has 0 radical (unpaired) electrons. The van der Waals surface area contributed by atoms with Crippen LogP contribution in [0.25, 0.3) is 0 Å². The lowest BCUT2D eigenvalue weighted by atomic mass is 10.4. The molecule has 0 fully saturated rings. The second kappa shape index (κ2) is 7.28. The number of aromatic nitrogens is 2. The first kappa shape index (κ1) is 13.0. The molecule has 92 valence electrons. The molecule has 0 atom stereocenters. The fourth-order valence-corrected chi connectivity index (χ4v) is 1.45. The highest BCUT2D eigenvalue weighted by atomic mass is 16.5. The summed E-state index contributed by atoms with van der Waals surface area (Å²) < 4.78 is 7.59. The summed E-state index contributed by atoms with van der Waals surface area (Å²) in [5.74, 6) is 0.925. The maximum absolute atomic E-state index is 5.47. The summed E-state index contributed by atoms with van der Waals surface area (Å²) in [5.41, 5.74) is 0. The van der Waals surface area contributed by atoms with E-state index in [1.807, 2.05) is 12.4 Å². The maximum Gasteiger partial charge on any atom is 0.203 e. The van der Waals surface area contributed by atoms with Crippen molar-refractivity contribution in [1.82, 2.24) is 9.55 Å². The summed E-state index contributed by atoms with van der Waals surface area (Å²) >= 11 is 0. The van der Waals surface area contributed by atoms with Crippen LogP contribution in [0.4, 0.5) is 5.95 Å². The summed E-state index contributed by atoms with van der Waals surface area (Å²) in [4.78, 5) is 4.27. The Kier molecular flexibility index (Phi) is 5.93. The molecule has 1 heterocycles. The Morgan fingerprint density at radius 3 is 2.94 bits per heavy atom. The van der Waals surface area contributed by atoms with Crippen LogP contribution in [0.5, 0.6) is 0 Å². The fourth-order valence-electron chi connectivity index (χ4n) is 1.45. The zero-order valence-corrected chi connectivity index (χ0v) is 10.6. The van der Waals surface area contributed by atoms with Gasteiger partial charge >= 0.3 is 0 Å². The molecule has 16 heavy (non-hydrogen) atoms. The minimum absolute atomic E-state index is 0.436. The largest absolute Gasteiger partial charge is 0.380 e. The molecule has 0 aliphatic rings. The minimum Gasteiger partial charge on any atom is -0.380 e. The molecule has 0 saturated heterocycles. The second-order valence-corrected chi connectivity index (χ2v) is 4.14. The molecule has 0 aromatic carbocycles. The molecule has 0 aliphatic carbocycles. The molecular formula is C12H23N3O. The van der Waals surface area contributed by atoms with Gasteiger partial charge in [-0.3, -0.25) is 0 Å². The molecule has 1 N–H and O–H groups in total.